The van der Waals surface area contributed by atoms with Crippen LogP contribution in [0.2, 0.25) is 0 Å². The van der Waals surface area contributed by atoms with Crippen molar-refractivity contribution in [2.45, 2.75) is 0 Å². The molecule has 1 heteroatoms. The molecule has 1 heterocycles. The van der Waals surface area contributed by atoms with Gasteiger partial charge < -0.3 is 0 Å². The standard InChI is InChI=1S/C25H17N/c1-2-5-22-17-25-23(16-21(22)4-1)6-3-7-24(25)20-10-8-18(9-11-20)19-12-14-26-15-13-19/h1-17H. The van der Waals surface area contributed by atoms with Crippen molar-refractivity contribution >= 4 is 21.5 Å². The van der Waals surface area contributed by atoms with Crippen molar-refractivity contribution in [3.8, 4) is 22.3 Å². The third kappa shape index (κ3) is 2.55. The molecule has 0 aliphatic heterocycles. The van der Waals surface area contributed by atoms with Crippen LogP contribution >= 0.6 is 0 Å². The Morgan fingerprint density at radius 2 is 1.08 bits per heavy atom. The second kappa shape index (κ2) is 6.12. The number of aromatic nitrogens is 1. The van der Waals surface area contributed by atoms with E-state index in [0.717, 1.165) is 0 Å². The summed E-state index contributed by atoms with van der Waals surface area (Å²) in [6, 6.07) is 32.5. The summed E-state index contributed by atoms with van der Waals surface area (Å²) in [5.74, 6) is 0. The molecule has 0 N–H and O–H groups in total. The van der Waals surface area contributed by atoms with Gasteiger partial charge in [-0.25, -0.2) is 0 Å². The molecule has 0 saturated carbocycles. The van der Waals surface area contributed by atoms with Gasteiger partial charge in [0.1, 0.15) is 0 Å². The SMILES string of the molecule is c1ccc2cc3c(-c4ccc(-c5ccncc5)cc4)cccc3cc2c1. The molecule has 0 radical (unpaired) electrons. The Morgan fingerprint density at radius 1 is 0.462 bits per heavy atom. The molecule has 0 spiro atoms. The minimum absolute atomic E-state index is 1.19. The van der Waals surface area contributed by atoms with E-state index in [9.17, 15) is 0 Å². The zero-order valence-electron chi connectivity index (χ0n) is 14.3. The van der Waals surface area contributed by atoms with Gasteiger partial charge in [0.25, 0.3) is 0 Å². The number of pyridine rings is 1. The number of benzene rings is 4. The van der Waals surface area contributed by atoms with E-state index in [1.54, 1.807) is 0 Å². The molecule has 0 bridgehead atoms. The van der Waals surface area contributed by atoms with Crippen LogP contribution < -0.4 is 0 Å². The topological polar surface area (TPSA) is 12.9 Å². The minimum Gasteiger partial charge on any atom is -0.265 e. The molecule has 0 unspecified atom stereocenters. The Hall–Kier alpha value is -3.45. The van der Waals surface area contributed by atoms with Gasteiger partial charge in [0.2, 0.25) is 0 Å². The fourth-order valence-electron chi connectivity index (χ4n) is 3.61. The highest BCUT2D eigenvalue weighted by atomic mass is 14.6. The van der Waals surface area contributed by atoms with E-state index < -0.39 is 0 Å². The van der Waals surface area contributed by atoms with Crippen molar-refractivity contribution in [3.05, 3.63) is 103 Å². The monoisotopic (exact) mass is 331 g/mol. The lowest BCUT2D eigenvalue weighted by atomic mass is 9.94. The highest BCUT2D eigenvalue weighted by Gasteiger charge is 2.06. The number of hydrogen-bond acceptors (Lipinski definition) is 1. The van der Waals surface area contributed by atoms with Crippen molar-refractivity contribution in [2.75, 3.05) is 0 Å². The van der Waals surface area contributed by atoms with Crippen LogP contribution in [0.1, 0.15) is 0 Å². The fourth-order valence-corrected chi connectivity index (χ4v) is 3.61. The molecule has 0 saturated heterocycles. The van der Waals surface area contributed by atoms with Gasteiger partial charge in [-0.15, -0.1) is 0 Å². The van der Waals surface area contributed by atoms with Gasteiger partial charge in [-0.05, 0) is 68.1 Å². The van der Waals surface area contributed by atoms with E-state index in [4.69, 9.17) is 0 Å². The van der Waals surface area contributed by atoms with Crippen LogP contribution in [-0.2, 0) is 0 Å². The van der Waals surface area contributed by atoms with E-state index in [-0.39, 0.29) is 0 Å². The van der Waals surface area contributed by atoms with E-state index in [1.165, 1.54) is 43.8 Å². The maximum atomic E-state index is 4.10. The Kier molecular flexibility index (Phi) is 3.50. The van der Waals surface area contributed by atoms with Crippen molar-refractivity contribution in [2.24, 2.45) is 0 Å². The largest absolute Gasteiger partial charge is 0.265 e. The predicted octanol–water partition coefficient (Wildman–Crippen LogP) is 6.72. The van der Waals surface area contributed by atoms with Crippen molar-refractivity contribution < 1.29 is 0 Å². The third-order valence-corrected chi connectivity index (χ3v) is 4.96. The Balaban J connectivity index is 1.65. The summed E-state index contributed by atoms with van der Waals surface area (Å²) in [6.07, 6.45) is 3.66. The Morgan fingerprint density at radius 3 is 1.85 bits per heavy atom. The molecule has 122 valence electrons. The van der Waals surface area contributed by atoms with E-state index >= 15 is 0 Å². The highest BCUT2D eigenvalue weighted by molar-refractivity contribution is 6.05. The minimum atomic E-state index is 1.19. The van der Waals surface area contributed by atoms with Crippen molar-refractivity contribution in [1.82, 2.24) is 4.98 Å². The van der Waals surface area contributed by atoms with Crippen molar-refractivity contribution in [1.29, 1.82) is 0 Å². The molecule has 5 rings (SSSR count). The second-order valence-corrected chi connectivity index (χ2v) is 6.54. The number of hydrogen-bond donors (Lipinski definition) is 0. The molecule has 5 aromatic rings. The zero-order valence-corrected chi connectivity index (χ0v) is 14.3. The third-order valence-electron chi connectivity index (χ3n) is 4.96. The molecule has 0 aliphatic carbocycles. The average molecular weight is 331 g/mol. The lowest BCUT2D eigenvalue weighted by Gasteiger charge is -2.10. The van der Waals surface area contributed by atoms with Gasteiger partial charge in [-0.2, -0.15) is 0 Å². The van der Waals surface area contributed by atoms with Crippen LogP contribution in [0.3, 0.4) is 0 Å². The first kappa shape index (κ1) is 14.9. The maximum absolute atomic E-state index is 4.10. The second-order valence-electron chi connectivity index (χ2n) is 6.54. The quantitative estimate of drug-likeness (QED) is 0.327. The zero-order chi connectivity index (χ0) is 17.3. The first-order valence-corrected chi connectivity index (χ1v) is 8.81. The van der Waals surface area contributed by atoms with Gasteiger partial charge in [0.15, 0.2) is 0 Å². The molecule has 1 nitrogen and oxygen atoms in total. The summed E-state index contributed by atoms with van der Waals surface area (Å²) in [4.78, 5) is 4.10. The molecule has 26 heavy (non-hydrogen) atoms. The highest BCUT2D eigenvalue weighted by Crippen LogP contribution is 2.32. The first-order valence-electron chi connectivity index (χ1n) is 8.81. The normalized spacial score (nSPS) is 11.1. The fraction of sp³-hybridized carbons (Fsp3) is 0. The smallest absolute Gasteiger partial charge is 0.0273 e. The van der Waals surface area contributed by atoms with Crippen LogP contribution in [0.25, 0.3) is 43.8 Å². The van der Waals surface area contributed by atoms with Crippen LogP contribution in [0, 0.1) is 0 Å². The maximum Gasteiger partial charge on any atom is 0.0273 e. The van der Waals surface area contributed by atoms with Gasteiger partial charge in [-0.3, -0.25) is 4.98 Å². The van der Waals surface area contributed by atoms with E-state index in [1.807, 2.05) is 24.5 Å². The van der Waals surface area contributed by atoms with Crippen LogP contribution in [0.4, 0.5) is 0 Å². The van der Waals surface area contributed by atoms with E-state index in [2.05, 4.69) is 83.8 Å². The predicted molar refractivity (Wildman–Crippen MR) is 110 cm³/mol. The molecule has 1 aromatic heterocycles. The summed E-state index contributed by atoms with van der Waals surface area (Å²) in [7, 11) is 0. The molecule has 0 amide bonds. The summed E-state index contributed by atoms with van der Waals surface area (Å²) in [5.41, 5.74) is 4.91. The van der Waals surface area contributed by atoms with E-state index in [0.29, 0.717) is 0 Å². The number of rotatable bonds is 2. The van der Waals surface area contributed by atoms with Crippen LogP contribution in [-0.4, -0.2) is 4.98 Å². The lowest BCUT2D eigenvalue weighted by molar-refractivity contribution is 1.33. The Bertz CT molecular complexity index is 1210. The number of nitrogens with zero attached hydrogens (tertiary/aromatic N) is 1. The van der Waals surface area contributed by atoms with Crippen LogP contribution in [0.15, 0.2) is 103 Å². The number of fused-ring (bicyclic) bond motifs is 2. The van der Waals surface area contributed by atoms with Gasteiger partial charge in [0.05, 0.1) is 0 Å². The summed E-state index contributed by atoms with van der Waals surface area (Å²) in [6.45, 7) is 0. The van der Waals surface area contributed by atoms with Crippen LogP contribution in [0.5, 0.6) is 0 Å². The van der Waals surface area contributed by atoms with Gasteiger partial charge in [0, 0.05) is 12.4 Å². The lowest BCUT2D eigenvalue weighted by Crippen LogP contribution is -1.84. The summed E-state index contributed by atoms with van der Waals surface area (Å²) < 4.78 is 0. The molecule has 0 aliphatic rings. The molecule has 0 atom stereocenters. The first-order chi connectivity index (χ1) is 12.9. The molecular formula is C25H17N. The molecule has 0 fully saturated rings. The average Bonchev–Trinajstić information content (AvgIpc) is 2.72. The van der Waals surface area contributed by atoms with Gasteiger partial charge in [-0.1, -0.05) is 66.7 Å². The van der Waals surface area contributed by atoms with Gasteiger partial charge >= 0.3 is 0 Å². The summed E-state index contributed by atoms with van der Waals surface area (Å²) in [5, 5.41) is 5.13. The molecular weight excluding hydrogens is 314 g/mol. The summed E-state index contributed by atoms with van der Waals surface area (Å²) >= 11 is 0. The molecule has 4 aromatic carbocycles. The van der Waals surface area contributed by atoms with Crippen molar-refractivity contribution in [3.63, 3.8) is 0 Å². The Labute approximate surface area is 152 Å².